The molecular formula is C25H30N8O3. The number of carbonyl (C=O) groups excluding carboxylic acids is 1. The number of urea groups is 1. The van der Waals surface area contributed by atoms with E-state index in [0.29, 0.717) is 31.3 Å². The van der Waals surface area contributed by atoms with E-state index < -0.39 is 0 Å². The van der Waals surface area contributed by atoms with Crippen LogP contribution in [-0.2, 0) is 17.7 Å². The average molecular weight is 491 g/mol. The summed E-state index contributed by atoms with van der Waals surface area (Å²) < 4.78 is 5.68. The highest BCUT2D eigenvalue weighted by molar-refractivity contribution is 5.89. The summed E-state index contributed by atoms with van der Waals surface area (Å²) in [5.41, 5.74) is 3.67. The van der Waals surface area contributed by atoms with Crippen molar-refractivity contribution in [3.8, 4) is 11.4 Å². The maximum atomic E-state index is 11.9. The van der Waals surface area contributed by atoms with Gasteiger partial charge >= 0.3 is 6.03 Å². The predicted octanol–water partition coefficient (Wildman–Crippen LogP) is 1.84. The Hall–Kier alpha value is -3.83. The van der Waals surface area contributed by atoms with E-state index in [0.717, 1.165) is 42.4 Å². The van der Waals surface area contributed by atoms with Gasteiger partial charge in [0.05, 0.1) is 38.1 Å². The van der Waals surface area contributed by atoms with Gasteiger partial charge in [0.25, 0.3) is 0 Å². The first-order valence-corrected chi connectivity index (χ1v) is 12.1. The molecule has 2 aromatic heterocycles. The van der Waals surface area contributed by atoms with Crippen LogP contribution in [0.15, 0.2) is 42.9 Å². The Balaban J connectivity index is 1.46. The van der Waals surface area contributed by atoms with Crippen molar-refractivity contribution in [2.24, 2.45) is 0 Å². The lowest BCUT2D eigenvalue weighted by Gasteiger charge is -2.38. The van der Waals surface area contributed by atoms with Crippen molar-refractivity contribution in [2.75, 3.05) is 54.6 Å². The van der Waals surface area contributed by atoms with Crippen LogP contribution < -0.4 is 20.4 Å². The molecule has 3 N–H and O–H groups in total. The molecule has 1 atom stereocenters. The SMILES string of the molecule is C[C@H]1COCCN1c1nc(-c2ccc(NC(=O)NCCO)cc2)nc2c1CCN(c1ccncn1)C2. The second-order valence-corrected chi connectivity index (χ2v) is 8.83. The first kappa shape index (κ1) is 23.9. The minimum Gasteiger partial charge on any atom is -0.395 e. The molecule has 1 aromatic carbocycles. The number of nitrogens with zero attached hydrogens (tertiary/aromatic N) is 6. The van der Waals surface area contributed by atoms with Crippen molar-refractivity contribution < 1.29 is 14.6 Å². The maximum Gasteiger partial charge on any atom is 0.319 e. The van der Waals surface area contributed by atoms with Crippen LogP contribution in [0.2, 0.25) is 0 Å². The Morgan fingerprint density at radius 1 is 1.19 bits per heavy atom. The number of aromatic nitrogens is 4. The van der Waals surface area contributed by atoms with Gasteiger partial charge in [-0.25, -0.2) is 24.7 Å². The van der Waals surface area contributed by atoms with Crippen LogP contribution in [0.3, 0.4) is 0 Å². The van der Waals surface area contributed by atoms with Crippen molar-refractivity contribution in [2.45, 2.75) is 25.9 Å². The quantitative estimate of drug-likeness (QED) is 0.474. The van der Waals surface area contributed by atoms with Gasteiger partial charge in [-0.3, -0.25) is 0 Å². The summed E-state index contributed by atoms with van der Waals surface area (Å²) in [5.74, 6) is 2.49. The van der Waals surface area contributed by atoms with Crippen molar-refractivity contribution in [3.05, 3.63) is 54.1 Å². The van der Waals surface area contributed by atoms with E-state index in [-0.39, 0.29) is 25.2 Å². The van der Waals surface area contributed by atoms with Crippen LogP contribution in [0.1, 0.15) is 18.2 Å². The summed E-state index contributed by atoms with van der Waals surface area (Å²) in [4.78, 5) is 34.9. The summed E-state index contributed by atoms with van der Waals surface area (Å²) in [6.45, 7) is 5.83. The molecule has 0 aliphatic carbocycles. The van der Waals surface area contributed by atoms with E-state index in [4.69, 9.17) is 19.8 Å². The Kier molecular flexibility index (Phi) is 7.19. The number of anilines is 3. The molecule has 1 saturated heterocycles. The lowest BCUT2D eigenvalue weighted by atomic mass is 10.0. The Morgan fingerprint density at radius 2 is 2.06 bits per heavy atom. The fourth-order valence-electron chi connectivity index (χ4n) is 4.53. The molecule has 11 nitrogen and oxygen atoms in total. The molecule has 11 heteroatoms. The minimum absolute atomic E-state index is 0.110. The summed E-state index contributed by atoms with van der Waals surface area (Å²) >= 11 is 0. The van der Waals surface area contributed by atoms with Gasteiger partial charge in [-0.05, 0) is 43.7 Å². The second-order valence-electron chi connectivity index (χ2n) is 8.83. The maximum absolute atomic E-state index is 11.9. The van der Waals surface area contributed by atoms with Gasteiger partial charge in [0.1, 0.15) is 18.0 Å². The summed E-state index contributed by atoms with van der Waals surface area (Å²) in [6.07, 6.45) is 4.14. The van der Waals surface area contributed by atoms with E-state index in [1.54, 1.807) is 12.5 Å². The molecule has 2 amide bonds. The van der Waals surface area contributed by atoms with Crippen LogP contribution >= 0.6 is 0 Å². The number of aliphatic hydroxyl groups is 1. The molecule has 0 saturated carbocycles. The van der Waals surface area contributed by atoms with Crippen LogP contribution in [0.5, 0.6) is 0 Å². The van der Waals surface area contributed by atoms with Gasteiger partial charge in [-0.15, -0.1) is 0 Å². The van der Waals surface area contributed by atoms with Gasteiger partial charge < -0.3 is 30.3 Å². The standard InChI is InChI=1S/C25H30N8O3/c1-17-15-36-13-11-33(17)24-20-7-10-32(22-6-8-26-16-28-22)14-21(20)30-23(31-24)18-2-4-19(5-3-18)29-25(35)27-9-12-34/h2-6,8,16-17,34H,7,9-15H2,1H3,(H2,27,29,35)/t17-/m0/s1. The molecule has 2 aliphatic heterocycles. The average Bonchev–Trinajstić information content (AvgIpc) is 2.92. The monoisotopic (exact) mass is 490 g/mol. The number of aliphatic hydroxyl groups excluding tert-OH is 1. The van der Waals surface area contributed by atoms with E-state index in [9.17, 15) is 4.79 Å². The molecule has 0 spiro atoms. The smallest absolute Gasteiger partial charge is 0.319 e. The molecule has 3 aromatic rings. The van der Waals surface area contributed by atoms with Crippen LogP contribution in [0.25, 0.3) is 11.4 Å². The van der Waals surface area contributed by atoms with Crippen molar-refractivity contribution in [1.82, 2.24) is 25.3 Å². The Bertz CT molecular complexity index is 1190. The van der Waals surface area contributed by atoms with Gasteiger partial charge in [0, 0.05) is 42.6 Å². The van der Waals surface area contributed by atoms with E-state index in [2.05, 4.69) is 37.3 Å². The van der Waals surface area contributed by atoms with Crippen molar-refractivity contribution in [3.63, 3.8) is 0 Å². The summed E-state index contributed by atoms with van der Waals surface area (Å²) in [7, 11) is 0. The minimum atomic E-state index is -0.366. The Morgan fingerprint density at radius 3 is 2.81 bits per heavy atom. The number of nitrogens with one attached hydrogen (secondary N) is 2. The fourth-order valence-corrected chi connectivity index (χ4v) is 4.53. The molecule has 36 heavy (non-hydrogen) atoms. The predicted molar refractivity (Wildman–Crippen MR) is 136 cm³/mol. The molecule has 0 bridgehead atoms. The Labute approximate surface area is 209 Å². The normalized spacial score (nSPS) is 17.4. The highest BCUT2D eigenvalue weighted by Gasteiger charge is 2.29. The number of rotatable bonds is 6. The van der Waals surface area contributed by atoms with E-state index in [1.807, 2.05) is 30.3 Å². The second kappa shape index (κ2) is 10.8. The number of fused-ring (bicyclic) bond motifs is 1. The molecular weight excluding hydrogens is 460 g/mol. The van der Waals surface area contributed by atoms with E-state index in [1.165, 1.54) is 5.56 Å². The summed E-state index contributed by atoms with van der Waals surface area (Å²) in [5, 5.41) is 14.2. The van der Waals surface area contributed by atoms with Gasteiger partial charge in [0.2, 0.25) is 0 Å². The number of morpholine rings is 1. The molecule has 0 radical (unpaired) electrons. The van der Waals surface area contributed by atoms with Crippen LogP contribution in [-0.4, -0.2) is 76.6 Å². The molecule has 188 valence electrons. The third-order valence-electron chi connectivity index (χ3n) is 6.37. The number of amides is 2. The fraction of sp³-hybridized carbons (Fsp3) is 0.400. The van der Waals surface area contributed by atoms with Crippen LogP contribution in [0.4, 0.5) is 22.1 Å². The lowest BCUT2D eigenvalue weighted by molar-refractivity contribution is 0.0984. The van der Waals surface area contributed by atoms with Gasteiger partial charge in [0.15, 0.2) is 5.82 Å². The zero-order valence-electron chi connectivity index (χ0n) is 20.2. The third kappa shape index (κ3) is 5.21. The number of hydrogen-bond donors (Lipinski definition) is 3. The van der Waals surface area contributed by atoms with E-state index >= 15 is 0 Å². The molecule has 2 aliphatic rings. The van der Waals surface area contributed by atoms with Crippen molar-refractivity contribution >= 4 is 23.4 Å². The number of carbonyl (C=O) groups is 1. The number of ether oxygens (including phenoxy) is 1. The first-order valence-electron chi connectivity index (χ1n) is 12.1. The zero-order valence-corrected chi connectivity index (χ0v) is 20.2. The molecule has 0 unspecified atom stereocenters. The van der Waals surface area contributed by atoms with Gasteiger partial charge in [-0.2, -0.15) is 0 Å². The highest BCUT2D eigenvalue weighted by Crippen LogP contribution is 2.32. The first-order chi connectivity index (χ1) is 17.6. The topological polar surface area (TPSA) is 129 Å². The molecule has 4 heterocycles. The highest BCUT2D eigenvalue weighted by atomic mass is 16.5. The third-order valence-corrected chi connectivity index (χ3v) is 6.37. The zero-order chi connectivity index (χ0) is 24.9. The number of benzene rings is 1. The van der Waals surface area contributed by atoms with Crippen molar-refractivity contribution in [1.29, 1.82) is 0 Å². The molecule has 5 rings (SSSR count). The molecule has 1 fully saturated rings. The largest absolute Gasteiger partial charge is 0.395 e. The van der Waals surface area contributed by atoms with Gasteiger partial charge in [-0.1, -0.05) is 0 Å². The lowest BCUT2D eigenvalue weighted by Crippen LogP contribution is -2.45. The number of hydrogen-bond acceptors (Lipinski definition) is 9. The summed E-state index contributed by atoms with van der Waals surface area (Å²) in [6, 6.07) is 9.22. The van der Waals surface area contributed by atoms with Crippen LogP contribution in [0, 0.1) is 0 Å².